The SMILES string of the molecule is CCNC(=NCC(O)c1ccc(OC(C)C)cc1)NCC1Cc2ccccc2O1. The van der Waals surface area contributed by atoms with Crippen molar-refractivity contribution >= 4 is 5.96 Å². The molecule has 2 atom stereocenters. The number of nitrogens with zero attached hydrogens (tertiary/aromatic N) is 1. The van der Waals surface area contributed by atoms with E-state index in [4.69, 9.17) is 9.47 Å². The number of hydrogen-bond acceptors (Lipinski definition) is 4. The molecule has 1 aliphatic heterocycles. The van der Waals surface area contributed by atoms with Crippen molar-refractivity contribution in [3.63, 3.8) is 0 Å². The Morgan fingerprint density at radius 1 is 1.17 bits per heavy atom. The summed E-state index contributed by atoms with van der Waals surface area (Å²) in [6.07, 6.45) is 0.414. The van der Waals surface area contributed by atoms with E-state index in [0.717, 1.165) is 30.0 Å². The van der Waals surface area contributed by atoms with Gasteiger partial charge in [0.05, 0.1) is 25.3 Å². The molecule has 0 aliphatic carbocycles. The minimum absolute atomic E-state index is 0.0784. The summed E-state index contributed by atoms with van der Waals surface area (Å²) in [5.74, 6) is 2.43. The van der Waals surface area contributed by atoms with Gasteiger partial charge in [0.2, 0.25) is 0 Å². The first-order valence-electron chi connectivity index (χ1n) is 10.3. The molecule has 0 aromatic heterocycles. The maximum absolute atomic E-state index is 10.5. The van der Waals surface area contributed by atoms with Crippen LogP contribution in [-0.2, 0) is 6.42 Å². The Hall–Kier alpha value is -2.73. The Kier molecular flexibility index (Phi) is 7.36. The van der Waals surface area contributed by atoms with Crippen molar-refractivity contribution in [3.05, 3.63) is 59.7 Å². The van der Waals surface area contributed by atoms with Crippen LogP contribution in [0.3, 0.4) is 0 Å². The van der Waals surface area contributed by atoms with E-state index in [1.807, 2.05) is 63.2 Å². The molecule has 0 fully saturated rings. The summed E-state index contributed by atoms with van der Waals surface area (Å²) in [6, 6.07) is 15.6. The van der Waals surface area contributed by atoms with Crippen LogP contribution in [0.2, 0.25) is 0 Å². The highest BCUT2D eigenvalue weighted by Gasteiger charge is 2.22. The average Bonchev–Trinajstić information content (AvgIpc) is 3.13. The first-order valence-corrected chi connectivity index (χ1v) is 10.3. The molecule has 3 rings (SSSR count). The minimum Gasteiger partial charge on any atom is -0.491 e. The number of benzene rings is 2. The Balaban J connectivity index is 1.52. The fourth-order valence-corrected chi connectivity index (χ4v) is 3.24. The second-order valence-corrected chi connectivity index (χ2v) is 7.40. The van der Waals surface area contributed by atoms with Crippen LogP contribution < -0.4 is 20.1 Å². The van der Waals surface area contributed by atoms with Crippen molar-refractivity contribution in [2.45, 2.75) is 45.5 Å². The van der Waals surface area contributed by atoms with Gasteiger partial charge >= 0.3 is 0 Å². The predicted molar refractivity (Wildman–Crippen MR) is 116 cm³/mol. The molecule has 0 saturated heterocycles. The number of aliphatic hydroxyl groups is 1. The number of ether oxygens (including phenoxy) is 2. The molecule has 0 bridgehead atoms. The summed E-state index contributed by atoms with van der Waals surface area (Å²) in [7, 11) is 0. The maximum Gasteiger partial charge on any atom is 0.191 e. The molecular weight excluding hydrogens is 366 g/mol. The second kappa shape index (κ2) is 10.2. The number of hydrogen-bond donors (Lipinski definition) is 3. The number of aliphatic imine (C=N–C) groups is 1. The first kappa shape index (κ1) is 21.0. The van der Waals surface area contributed by atoms with Gasteiger partial charge in [-0.1, -0.05) is 30.3 Å². The van der Waals surface area contributed by atoms with Gasteiger partial charge in [-0.05, 0) is 50.1 Å². The zero-order chi connectivity index (χ0) is 20.6. The molecule has 2 aromatic carbocycles. The number of guanidine groups is 1. The molecule has 156 valence electrons. The van der Waals surface area contributed by atoms with Gasteiger partial charge in [0.1, 0.15) is 17.6 Å². The van der Waals surface area contributed by atoms with Crippen LogP contribution >= 0.6 is 0 Å². The molecule has 29 heavy (non-hydrogen) atoms. The quantitative estimate of drug-likeness (QED) is 0.472. The highest BCUT2D eigenvalue weighted by molar-refractivity contribution is 5.79. The van der Waals surface area contributed by atoms with Gasteiger partial charge in [0.15, 0.2) is 5.96 Å². The van der Waals surface area contributed by atoms with E-state index >= 15 is 0 Å². The van der Waals surface area contributed by atoms with E-state index in [1.54, 1.807) is 0 Å². The summed E-state index contributed by atoms with van der Waals surface area (Å²) < 4.78 is 11.6. The van der Waals surface area contributed by atoms with E-state index < -0.39 is 6.10 Å². The summed E-state index contributed by atoms with van der Waals surface area (Å²) in [5.41, 5.74) is 2.05. The topological polar surface area (TPSA) is 75.1 Å². The van der Waals surface area contributed by atoms with E-state index in [0.29, 0.717) is 12.5 Å². The third-order valence-electron chi connectivity index (χ3n) is 4.61. The summed E-state index contributed by atoms with van der Waals surface area (Å²) >= 11 is 0. The van der Waals surface area contributed by atoms with E-state index in [9.17, 15) is 5.11 Å². The Morgan fingerprint density at radius 2 is 1.93 bits per heavy atom. The second-order valence-electron chi connectivity index (χ2n) is 7.40. The van der Waals surface area contributed by atoms with Crippen LogP contribution in [0.5, 0.6) is 11.5 Å². The molecule has 0 saturated carbocycles. The summed E-state index contributed by atoms with van der Waals surface area (Å²) in [6.45, 7) is 7.66. The van der Waals surface area contributed by atoms with E-state index in [1.165, 1.54) is 5.56 Å². The van der Waals surface area contributed by atoms with Gasteiger partial charge in [0.25, 0.3) is 0 Å². The monoisotopic (exact) mass is 397 g/mol. The fourth-order valence-electron chi connectivity index (χ4n) is 3.24. The van der Waals surface area contributed by atoms with Gasteiger partial charge in [-0.3, -0.25) is 4.99 Å². The fraction of sp³-hybridized carbons (Fsp3) is 0.435. The minimum atomic E-state index is -0.675. The molecule has 2 aromatic rings. The normalized spacial score (nSPS) is 16.9. The predicted octanol–water partition coefficient (Wildman–Crippen LogP) is 3.07. The molecule has 1 heterocycles. The van der Waals surface area contributed by atoms with Gasteiger partial charge in [-0.2, -0.15) is 0 Å². The maximum atomic E-state index is 10.5. The largest absolute Gasteiger partial charge is 0.491 e. The molecule has 0 radical (unpaired) electrons. The van der Waals surface area contributed by atoms with Gasteiger partial charge in [0, 0.05) is 13.0 Å². The molecule has 1 aliphatic rings. The van der Waals surface area contributed by atoms with Crippen LogP contribution in [-0.4, -0.2) is 42.9 Å². The summed E-state index contributed by atoms with van der Waals surface area (Å²) in [4.78, 5) is 4.53. The zero-order valence-electron chi connectivity index (χ0n) is 17.4. The van der Waals surface area contributed by atoms with Crippen molar-refractivity contribution in [1.29, 1.82) is 0 Å². The molecule has 0 spiro atoms. The van der Waals surface area contributed by atoms with E-state index in [2.05, 4.69) is 21.7 Å². The lowest BCUT2D eigenvalue weighted by atomic mass is 10.1. The van der Waals surface area contributed by atoms with Crippen LogP contribution in [0.25, 0.3) is 0 Å². The van der Waals surface area contributed by atoms with Gasteiger partial charge < -0.3 is 25.2 Å². The molecule has 2 unspecified atom stereocenters. The average molecular weight is 398 g/mol. The Bertz CT molecular complexity index is 780. The lowest BCUT2D eigenvalue weighted by Gasteiger charge is -2.16. The Morgan fingerprint density at radius 3 is 2.62 bits per heavy atom. The zero-order valence-corrected chi connectivity index (χ0v) is 17.4. The number of aliphatic hydroxyl groups excluding tert-OH is 1. The lowest BCUT2D eigenvalue weighted by molar-refractivity contribution is 0.186. The molecular formula is C23H31N3O3. The summed E-state index contributed by atoms with van der Waals surface area (Å²) in [5, 5.41) is 17.0. The van der Waals surface area contributed by atoms with Gasteiger partial charge in [-0.15, -0.1) is 0 Å². The van der Waals surface area contributed by atoms with Crippen molar-refractivity contribution in [1.82, 2.24) is 10.6 Å². The van der Waals surface area contributed by atoms with Crippen LogP contribution in [0, 0.1) is 0 Å². The van der Waals surface area contributed by atoms with Crippen molar-refractivity contribution in [2.75, 3.05) is 19.6 Å². The number of fused-ring (bicyclic) bond motifs is 1. The highest BCUT2D eigenvalue weighted by Crippen LogP contribution is 2.27. The molecule has 0 amide bonds. The van der Waals surface area contributed by atoms with Crippen LogP contribution in [0.4, 0.5) is 0 Å². The molecule has 6 heteroatoms. The van der Waals surface area contributed by atoms with Crippen molar-refractivity contribution in [3.8, 4) is 11.5 Å². The third-order valence-corrected chi connectivity index (χ3v) is 4.61. The first-order chi connectivity index (χ1) is 14.0. The smallest absolute Gasteiger partial charge is 0.191 e. The van der Waals surface area contributed by atoms with Gasteiger partial charge in [-0.25, -0.2) is 0 Å². The number of para-hydroxylation sites is 1. The standard InChI is InChI=1S/C23H31N3O3/c1-4-24-23(25-14-20-13-18-7-5-6-8-22(18)29-20)26-15-21(27)17-9-11-19(12-10-17)28-16(2)3/h5-12,16,20-21,27H,4,13-15H2,1-3H3,(H2,24,25,26). The van der Waals surface area contributed by atoms with Crippen molar-refractivity contribution in [2.24, 2.45) is 4.99 Å². The Labute approximate surface area is 173 Å². The van der Waals surface area contributed by atoms with Crippen molar-refractivity contribution < 1.29 is 14.6 Å². The lowest BCUT2D eigenvalue weighted by Crippen LogP contribution is -2.42. The van der Waals surface area contributed by atoms with E-state index in [-0.39, 0.29) is 18.8 Å². The van der Waals surface area contributed by atoms with Crippen LogP contribution in [0.1, 0.15) is 38.0 Å². The molecule has 3 N–H and O–H groups in total. The van der Waals surface area contributed by atoms with Crippen LogP contribution in [0.15, 0.2) is 53.5 Å². The number of rotatable bonds is 8. The third kappa shape index (κ3) is 6.12. The highest BCUT2D eigenvalue weighted by atomic mass is 16.5. The molecule has 6 nitrogen and oxygen atoms in total. The number of nitrogens with one attached hydrogen (secondary N) is 2.